The number of H-pyrrole nitrogens is 1. The number of imidazole rings is 1. The molecule has 0 radical (unpaired) electrons. The first kappa shape index (κ1) is 21.4. The molecule has 4 nitrogen and oxygen atoms in total. The van der Waals surface area contributed by atoms with Gasteiger partial charge >= 0.3 is 0 Å². The van der Waals surface area contributed by atoms with Crippen molar-refractivity contribution in [1.82, 2.24) is 14.5 Å². The SMILES string of the molecule is Cc1ccc(-n2c(SC(C(=O)c3c[nH]c4ccccc34)c3ccccc3)nc3ccccc32)cc1. The molecule has 0 bridgehead atoms. The molecule has 35 heavy (non-hydrogen) atoms. The standard InChI is InChI=1S/C30H23N3OS/c1-20-15-17-22(18-16-20)33-27-14-8-7-13-26(27)32-30(33)35-29(21-9-3-2-4-10-21)28(34)24-19-31-25-12-6-5-11-23(24)25/h2-19,29,31H,1H3. The van der Waals surface area contributed by atoms with E-state index in [0.717, 1.165) is 38.3 Å². The van der Waals surface area contributed by atoms with Crippen molar-refractivity contribution >= 4 is 39.5 Å². The molecule has 2 aromatic heterocycles. The summed E-state index contributed by atoms with van der Waals surface area (Å²) in [5.41, 5.74) is 6.75. The molecular formula is C30H23N3OS. The van der Waals surface area contributed by atoms with Crippen LogP contribution >= 0.6 is 11.8 Å². The predicted octanol–water partition coefficient (Wildman–Crippen LogP) is 7.53. The molecule has 0 saturated carbocycles. The van der Waals surface area contributed by atoms with Gasteiger partial charge in [-0.3, -0.25) is 9.36 Å². The first-order valence-electron chi connectivity index (χ1n) is 11.6. The number of hydrogen-bond acceptors (Lipinski definition) is 3. The Morgan fingerprint density at radius 2 is 1.57 bits per heavy atom. The molecule has 0 aliphatic rings. The number of benzene rings is 4. The van der Waals surface area contributed by atoms with Crippen molar-refractivity contribution in [2.75, 3.05) is 0 Å². The molecule has 1 N–H and O–H groups in total. The largest absolute Gasteiger partial charge is 0.360 e. The molecule has 0 aliphatic carbocycles. The third kappa shape index (κ3) is 3.94. The van der Waals surface area contributed by atoms with E-state index < -0.39 is 5.25 Å². The summed E-state index contributed by atoms with van der Waals surface area (Å²) < 4.78 is 2.15. The number of carbonyl (C=O) groups excluding carboxylic acids is 1. The highest BCUT2D eigenvalue weighted by Crippen LogP contribution is 2.40. The summed E-state index contributed by atoms with van der Waals surface area (Å²) in [4.78, 5) is 22.3. The molecule has 6 aromatic rings. The first-order valence-corrected chi connectivity index (χ1v) is 12.4. The molecule has 1 unspecified atom stereocenters. The van der Waals surface area contributed by atoms with Crippen LogP contribution in [0.25, 0.3) is 27.6 Å². The van der Waals surface area contributed by atoms with Crippen molar-refractivity contribution in [3.05, 3.63) is 126 Å². The van der Waals surface area contributed by atoms with Gasteiger partial charge in [-0.15, -0.1) is 0 Å². The van der Waals surface area contributed by atoms with E-state index in [1.807, 2.05) is 79.0 Å². The minimum atomic E-state index is -0.448. The first-order chi connectivity index (χ1) is 17.2. The lowest BCUT2D eigenvalue weighted by atomic mass is 10.0. The van der Waals surface area contributed by atoms with Crippen LogP contribution in [0, 0.1) is 6.92 Å². The van der Waals surface area contributed by atoms with Gasteiger partial charge in [0.2, 0.25) is 0 Å². The van der Waals surface area contributed by atoms with Gasteiger partial charge in [0.1, 0.15) is 5.25 Å². The van der Waals surface area contributed by atoms with E-state index in [-0.39, 0.29) is 5.78 Å². The number of thioether (sulfide) groups is 1. The molecule has 0 spiro atoms. The lowest BCUT2D eigenvalue weighted by Crippen LogP contribution is -2.11. The summed E-state index contributed by atoms with van der Waals surface area (Å²) in [5, 5.41) is 1.28. The highest BCUT2D eigenvalue weighted by Gasteiger charge is 2.28. The molecule has 1 atom stereocenters. The fraction of sp³-hybridized carbons (Fsp3) is 0.0667. The van der Waals surface area contributed by atoms with Gasteiger partial charge in [0.15, 0.2) is 10.9 Å². The lowest BCUT2D eigenvalue weighted by Gasteiger charge is -2.17. The Hall–Kier alpha value is -4.09. The number of aryl methyl sites for hydroxylation is 1. The summed E-state index contributed by atoms with van der Waals surface area (Å²) in [6, 6.07) is 34.4. The van der Waals surface area contributed by atoms with Gasteiger partial charge in [0, 0.05) is 28.4 Å². The fourth-order valence-corrected chi connectivity index (χ4v) is 5.65. The zero-order valence-corrected chi connectivity index (χ0v) is 20.0. The number of nitrogens with zero attached hydrogens (tertiary/aromatic N) is 2. The molecule has 0 aliphatic heterocycles. The minimum Gasteiger partial charge on any atom is -0.360 e. The van der Waals surface area contributed by atoms with Crippen LogP contribution in [0.3, 0.4) is 0 Å². The van der Waals surface area contributed by atoms with Gasteiger partial charge in [0.05, 0.1) is 11.0 Å². The number of rotatable bonds is 6. The fourth-order valence-electron chi connectivity index (χ4n) is 4.45. The van der Waals surface area contributed by atoms with E-state index in [4.69, 9.17) is 4.98 Å². The van der Waals surface area contributed by atoms with Crippen LogP contribution in [0.5, 0.6) is 0 Å². The highest BCUT2D eigenvalue weighted by molar-refractivity contribution is 8.00. The second-order valence-electron chi connectivity index (χ2n) is 8.57. The maximum Gasteiger partial charge on any atom is 0.182 e. The van der Waals surface area contributed by atoms with E-state index in [9.17, 15) is 4.79 Å². The Balaban J connectivity index is 1.50. The van der Waals surface area contributed by atoms with Crippen LogP contribution < -0.4 is 0 Å². The maximum absolute atomic E-state index is 14.1. The molecule has 5 heteroatoms. The van der Waals surface area contributed by atoms with Crippen LogP contribution in [0.1, 0.15) is 26.7 Å². The molecule has 4 aromatic carbocycles. The van der Waals surface area contributed by atoms with E-state index in [2.05, 4.69) is 46.8 Å². The van der Waals surface area contributed by atoms with Crippen LogP contribution in [-0.4, -0.2) is 20.3 Å². The molecule has 170 valence electrons. The normalized spacial score (nSPS) is 12.3. The summed E-state index contributed by atoms with van der Waals surface area (Å²) in [7, 11) is 0. The van der Waals surface area contributed by atoms with Gasteiger partial charge < -0.3 is 4.98 Å². The number of Topliss-reactive ketones (excluding diaryl/α,β-unsaturated/α-hetero) is 1. The Morgan fingerprint density at radius 1 is 0.857 bits per heavy atom. The minimum absolute atomic E-state index is 0.0566. The van der Waals surface area contributed by atoms with Gasteiger partial charge in [0.25, 0.3) is 0 Å². The summed E-state index contributed by atoms with van der Waals surface area (Å²) in [6.07, 6.45) is 1.83. The van der Waals surface area contributed by atoms with Crippen LogP contribution in [-0.2, 0) is 0 Å². The number of aromatic amines is 1. The average molecular weight is 474 g/mol. The quantitative estimate of drug-likeness (QED) is 0.201. The van der Waals surface area contributed by atoms with Gasteiger partial charge in [-0.2, -0.15) is 0 Å². The zero-order valence-electron chi connectivity index (χ0n) is 19.2. The number of ketones is 1. The molecular weight excluding hydrogens is 450 g/mol. The number of aromatic nitrogens is 3. The van der Waals surface area contributed by atoms with Gasteiger partial charge in [-0.05, 0) is 42.8 Å². The molecule has 0 saturated heterocycles. The van der Waals surface area contributed by atoms with Crippen molar-refractivity contribution in [3.63, 3.8) is 0 Å². The molecule has 6 rings (SSSR count). The van der Waals surface area contributed by atoms with E-state index in [0.29, 0.717) is 5.56 Å². The smallest absolute Gasteiger partial charge is 0.182 e. The van der Waals surface area contributed by atoms with Crippen LogP contribution in [0.2, 0.25) is 0 Å². The van der Waals surface area contributed by atoms with E-state index in [1.165, 1.54) is 17.3 Å². The van der Waals surface area contributed by atoms with Crippen molar-refractivity contribution in [1.29, 1.82) is 0 Å². The highest BCUT2D eigenvalue weighted by atomic mass is 32.2. The third-order valence-electron chi connectivity index (χ3n) is 6.24. The molecule has 0 fully saturated rings. The van der Waals surface area contributed by atoms with Crippen molar-refractivity contribution < 1.29 is 4.79 Å². The number of hydrogen-bond donors (Lipinski definition) is 1. The number of para-hydroxylation sites is 3. The summed E-state index contributed by atoms with van der Waals surface area (Å²) in [6.45, 7) is 2.08. The molecule has 0 amide bonds. The molecule has 2 heterocycles. The maximum atomic E-state index is 14.1. The van der Waals surface area contributed by atoms with Crippen LogP contribution in [0.15, 0.2) is 114 Å². The Morgan fingerprint density at radius 3 is 2.40 bits per heavy atom. The van der Waals surface area contributed by atoms with Crippen LogP contribution in [0.4, 0.5) is 0 Å². The van der Waals surface area contributed by atoms with E-state index in [1.54, 1.807) is 0 Å². The second kappa shape index (κ2) is 8.93. The lowest BCUT2D eigenvalue weighted by molar-refractivity contribution is 0.0991. The Kier molecular flexibility index (Phi) is 5.47. The number of fused-ring (bicyclic) bond motifs is 2. The zero-order chi connectivity index (χ0) is 23.8. The number of nitrogens with one attached hydrogen (secondary N) is 1. The second-order valence-corrected chi connectivity index (χ2v) is 9.65. The van der Waals surface area contributed by atoms with Crippen molar-refractivity contribution in [2.24, 2.45) is 0 Å². The monoisotopic (exact) mass is 473 g/mol. The number of carbonyl (C=O) groups is 1. The topological polar surface area (TPSA) is 50.7 Å². The Labute approximate surface area is 207 Å². The van der Waals surface area contributed by atoms with Gasteiger partial charge in [-0.1, -0.05) is 90.1 Å². The predicted molar refractivity (Wildman–Crippen MR) is 143 cm³/mol. The summed E-state index contributed by atoms with van der Waals surface area (Å²) in [5.74, 6) is 0.0566. The van der Waals surface area contributed by atoms with Crippen molar-refractivity contribution in [2.45, 2.75) is 17.3 Å². The van der Waals surface area contributed by atoms with Crippen molar-refractivity contribution in [3.8, 4) is 5.69 Å². The Bertz CT molecular complexity index is 1650. The van der Waals surface area contributed by atoms with Gasteiger partial charge in [-0.25, -0.2) is 4.98 Å². The summed E-state index contributed by atoms with van der Waals surface area (Å²) >= 11 is 1.50. The third-order valence-corrected chi connectivity index (χ3v) is 7.45. The van der Waals surface area contributed by atoms with E-state index >= 15 is 0 Å². The average Bonchev–Trinajstić information content (AvgIpc) is 3.49.